The molecule has 1 aromatic rings. The number of halogens is 3. The summed E-state index contributed by atoms with van der Waals surface area (Å²) >= 11 is 0. The van der Waals surface area contributed by atoms with Crippen LogP contribution in [0, 0.1) is 0 Å². The van der Waals surface area contributed by atoms with Gasteiger partial charge >= 0.3 is 6.18 Å². The molecule has 2 rings (SSSR count). The molecule has 1 aliphatic rings. The SMILES string of the molecule is C=Cc1ccc(CN2CCN(C)CC2)c(C(F)(F)F)c1. The molecule has 0 aromatic heterocycles. The zero-order valence-corrected chi connectivity index (χ0v) is 11.6. The summed E-state index contributed by atoms with van der Waals surface area (Å²) in [5, 5.41) is 0. The van der Waals surface area contributed by atoms with Crippen molar-refractivity contribution in [3.8, 4) is 0 Å². The number of piperazine rings is 1. The molecule has 1 aromatic carbocycles. The smallest absolute Gasteiger partial charge is 0.304 e. The number of benzene rings is 1. The number of alkyl halides is 3. The average molecular weight is 284 g/mol. The Morgan fingerprint density at radius 1 is 1.20 bits per heavy atom. The van der Waals surface area contributed by atoms with Crippen molar-refractivity contribution in [1.82, 2.24) is 9.80 Å². The van der Waals surface area contributed by atoms with Crippen LogP contribution in [0.15, 0.2) is 24.8 Å². The van der Waals surface area contributed by atoms with Crippen LogP contribution < -0.4 is 0 Å². The number of rotatable bonds is 3. The second kappa shape index (κ2) is 5.97. The van der Waals surface area contributed by atoms with E-state index in [-0.39, 0.29) is 0 Å². The van der Waals surface area contributed by atoms with E-state index < -0.39 is 11.7 Å². The van der Waals surface area contributed by atoms with Crippen molar-refractivity contribution in [1.29, 1.82) is 0 Å². The Morgan fingerprint density at radius 3 is 2.40 bits per heavy atom. The zero-order chi connectivity index (χ0) is 14.8. The number of hydrogen-bond donors (Lipinski definition) is 0. The first-order valence-electron chi connectivity index (χ1n) is 6.63. The Bertz CT molecular complexity index is 474. The number of nitrogens with zero attached hydrogens (tertiary/aromatic N) is 2. The molecule has 1 heterocycles. The van der Waals surface area contributed by atoms with Crippen molar-refractivity contribution in [2.24, 2.45) is 0 Å². The summed E-state index contributed by atoms with van der Waals surface area (Å²) in [6.45, 7) is 7.27. The monoisotopic (exact) mass is 284 g/mol. The lowest BCUT2D eigenvalue weighted by atomic mass is 10.0. The average Bonchev–Trinajstić information content (AvgIpc) is 2.40. The molecule has 0 unspecified atom stereocenters. The third-order valence-corrected chi connectivity index (χ3v) is 3.66. The molecule has 5 heteroatoms. The third kappa shape index (κ3) is 3.61. The van der Waals surface area contributed by atoms with Gasteiger partial charge in [0.15, 0.2) is 0 Å². The first-order chi connectivity index (χ1) is 9.40. The normalized spacial score (nSPS) is 18.2. The summed E-state index contributed by atoms with van der Waals surface area (Å²) < 4.78 is 39.4. The van der Waals surface area contributed by atoms with Gasteiger partial charge in [0.05, 0.1) is 5.56 Å². The van der Waals surface area contributed by atoms with E-state index in [1.165, 1.54) is 12.1 Å². The van der Waals surface area contributed by atoms with E-state index in [1.54, 1.807) is 12.1 Å². The van der Waals surface area contributed by atoms with Gasteiger partial charge in [-0.25, -0.2) is 0 Å². The largest absolute Gasteiger partial charge is 0.416 e. The summed E-state index contributed by atoms with van der Waals surface area (Å²) in [6.07, 6.45) is -2.88. The molecule has 1 fully saturated rings. The predicted octanol–water partition coefficient (Wildman–Crippen LogP) is 3.10. The van der Waals surface area contributed by atoms with Crippen LogP contribution in [0.4, 0.5) is 13.2 Å². The second-order valence-corrected chi connectivity index (χ2v) is 5.20. The van der Waals surface area contributed by atoms with Gasteiger partial charge in [0, 0.05) is 32.7 Å². The third-order valence-electron chi connectivity index (χ3n) is 3.66. The van der Waals surface area contributed by atoms with Crippen LogP contribution in [-0.2, 0) is 12.7 Å². The fourth-order valence-electron chi connectivity index (χ4n) is 2.37. The van der Waals surface area contributed by atoms with Crippen LogP contribution in [0.1, 0.15) is 16.7 Å². The summed E-state index contributed by atoms with van der Waals surface area (Å²) in [5.74, 6) is 0. The number of likely N-dealkylation sites (N-methyl/N-ethyl adjacent to an activating group) is 1. The Labute approximate surface area is 117 Å². The Hall–Kier alpha value is -1.33. The molecule has 20 heavy (non-hydrogen) atoms. The van der Waals surface area contributed by atoms with Crippen LogP contribution in [0.3, 0.4) is 0 Å². The molecule has 0 atom stereocenters. The number of hydrogen-bond acceptors (Lipinski definition) is 2. The van der Waals surface area contributed by atoms with Gasteiger partial charge in [-0.1, -0.05) is 24.8 Å². The van der Waals surface area contributed by atoms with Gasteiger partial charge in [0.1, 0.15) is 0 Å². The van der Waals surface area contributed by atoms with E-state index in [2.05, 4.69) is 16.4 Å². The molecular weight excluding hydrogens is 265 g/mol. The zero-order valence-electron chi connectivity index (χ0n) is 11.6. The van der Waals surface area contributed by atoms with Crippen molar-refractivity contribution < 1.29 is 13.2 Å². The maximum absolute atomic E-state index is 13.1. The van der Waals surface area contributed by atoms with Crippen LogP contribution in [0.2, 0.25) is 0 Å². The Morgan fingerprint density at radius 2 is 1.85 bits per heavy atom. The summed E-state index contributed by atoms with van der Waals surface area (Å²) in [4.78, 5) is 4.25. The minimum atomic E-state index is -4.32. The predicted molar refractivity (Wildman–Crippen MR) is 74.3 cm³/mol. The molecule has 0 amide bonds. The van der Waals surface area contributed by atoms with Crippen molar-refractivity contribution in [3.05, 3.63) is 41.5 Å². The van der Waals surface area contributed by atoms with E-state index in [0.717, 1.165) is 26.2 Å². The molecule has 0 N–H and O–H groups in total. The minimum absolute atomic E-state index is 0.340. The highest BCUT2D eigenvalue weighted by Gasteiger charge is 2.33. The van der Waals surface area contributed by atoms with Crippen LogP contribution in [0.25, 0.3) is 6.08 Å². The molecular formula is C15H19F3N2. The Kier molecular flexibility index (Phi) is 4.50. The molecule has 2 nitrogen and oxygen atoms in total. The lowest BCUT2D eigenvalue weighted by Gasteiger charge is -2.32. The maximum atomic E-state index is 13.1. The van der Waals surface area contributed by atoms with Crippen LogP contribution in [0.5, 0.6) is 0 Å². The van der Waals surface area contributed by atoms with Crippen molar-refractivity contribution in [2.75, 3.05) is 33.2 Å². The van der Waals surface area contributed by atoms with E-state index in [9.17, 15) is 13.2 Å². The minimum Gasteiger partial charge on any atom is -0.304 e. The van der Waals surface area contributed by atoms with E-state index in [4.69, 9.17) is 0 Å². The molecule has 0 spiro atoms. The van der Waals surface area contributed by atoms with Gasteiger partial charge in [0.2, 0.25) is 0 Å². The van der Waals surface area contributed by atoms with E-state index >= 15 is 0 Å². The van der Waals surface area contributed by atoms with Crippen molar-refractivity contribution in [3.63, 3.8) is 0 Å². The summed E-state index contributed by atoms with van der Waals surface area (Å²) in [7, 11) is 2.03. The first kappa shape index (κ1) is 15.1. The van der Waals surface area contributed by atoms with E-state index in [0.29, 0.717) is 17.7 Å². The molecule has 110 valence electrons. The van der Waals surface area contributed by atoms with Crippen molar-refractivity contribution >= 4 is 6.08 Å². The summed E-state index contributed by atoms with van der Waals surface area (Å²) in [6, 6.07) is 4.43. The quantitative estimate of drug-likeness (QED) is 0.841. The van der Waals surface area contributed by atoms with Gasteiger partial charge in [-0.2, -0.15) is 13.2 Å². The molecule has 1 aliphatic heterocycles. The first-order valence-corrected chi connectivity index (χ1v) is 6.63. The van der Waals surface area contributed by atoms with Gasteiger partial charge in [0.25, 0.3) is 0 Å². The van der Waals surface area contributed by atoms with E-state index in [1.807, 2.05) is 7.05 Å². The highest BCUT2D eigenvalue weighted by atomic mass is 19.4. The fraction of sp³-hybridized carbons (Fsp3) is 0.467. The molecule has 0 radical (unpaired) electrons. The fourth-order valence-corrected chi connectivity index (χ4v) is 2.37. The van der Waals surface area contributed by atoms with Gasteiger partial charge in [-0.15, -0.1) is 0 Å². The molecule has 1 saturated heterocycles. The molecule has 0 saturated carbocycles. The lowest BCUT2D eigenvalue weighted by Crippen LogP contribution is -2.44. The highest BCUT2D eigenvalue weighted by molar-refractivity contribution is 5.50. The van der Waals surface area contributed by atoms with Gasteiger partial charge < -0.3 is 4.90 Å². The van der Waals surface area contributed by atoms with Gasteiger partial charge in [-0.05, 0) is 24.2 Å². The Balaban J connectivity index is 2.20. The van der Waals surface area contributed by atoms with Gasteiger partial charge in [-0.3, -0.25) is 4.90 Å². The maximum Gasteiger partial charge on any atom is 0.416 e. The lowest BCUT2D eigenvalue weighted by molar-refractivity contribution is -0.138. The topological polar surface area (TPSA) is 6.48 Å². The highest BCUT2D eigenvalue weighted by Crippen LogP contribution is 2.33. The van der Waals surface area contributed by atoms with Crippen molar-refractivity contribution in [2.45, 2.75) is 12.7 Å². The molecule has 0 aliphatic carbocycles. The standard InChI is InChI=1S/C15H19F3N2/c1-3-12-4-5-13(14(10-12)15(16,17)18)11-20-8-6-19(2)7-9-20/h3-5,10H,1,6-9,11H2,2H3. The summed E-state index contributed by atoms with van der Waals surface area (Å²) in [5.41, 5.74) is 0.293. The van der Waals surface area contributed by atoms with Crippen LogP contribution >= 0.6 is 0 Å². The second-order valence-electron chi connectivity index (χ2n) is 5.20. The molecule has 0 bridgehead atoms. The van der Waals surface area contributed by atoms with Crippen LogP contribution in [-0.4, -0.2) is 43.0 Å².